The number of aromatic nitrogens is 3. The first-order valence-corrected chi connectivity index (χ1v) is 8.50. The van der Waals surface area contributed by atoms with Crippen LogP contribution in [-0.2, 0) is 0 Å². The van der Waals surface area contributed by atoms with Gasteiger partial charge in [-0.2, -0.15) is 0 Å². The van der Waals surface area contributed by atoms with E-state index in [9.17, 15) is 0 Å². The number of allylic oxidation sites excluding steroid dienone is 1. The summed E-state index contributed by atoms with van der Waals surface area (Å²) in [6.45, 7) is 9.05. The van der Waals surface area contributed by atoms with Gasteiger partial charge in [-0.3, -0.25) is 4.40 Å². The van der Waals surface area contributed by atoms with Crippen molar-refractivity contribution in [3.8, 4) is 5.75 Å². The zero-order valence-corrected chi connectivity index (χ0v) is 14.1. The molecule has 124 valence electrons. The Labute approximate surface area is 137 Å². The van der Waals surface area contributed by atoms with Crippen molar-refractivity contribution in [2.75, 3.05) is 12.3 Å². The van der Waals surface area contributed by atoms with Crippen LogP contribution in [0.4, 0.5) is 5.95 Å². The van der Waals surface area contributed by atoms with Crippen LogP contribution < -0.4 is 10.5 Å². The average Bonchev–Trinajstić information content (AvgIpc) is 3.35. The fourth-order valence-electron chi connectivity index (χ4n) is 3.11. The maximum atomic E-state index is 6.29. The van der Waals surface area contributed by atoms with Gasteiger partial charge >= 0.3 is 0 Å². The Morgan fingerprint density at radius 3 is 2.74 bits per heavy atom. The first-order chi connectivity index (χ1) is 11.1. The standard InChI is InChI=1S/C18H26N4O/c1-4-9-18(5-2,6-3)12-23-15-10-16-20-21-17(19)22(16)11-14(15)13-7-8-13/h4,10-11,13H,1,5-9,12H2,2-3H3,(H2,19,21). The van der Waals surface area contributed by atoms with Crippen LogP contribution in [0.15, 0.2) is 24.9 Å². The highest BCUT2D eigenvalue weighted by atomic mass is 16.5. The molecule has 0 spiro atoms. The van der Waals surface area contributed by atoms with E-state index in [1.165, 1.54) is 18.4 Å². The molecular formula is C18H26N4O. The highest BCUT2D eigenvalue weighted by Crippen LogP contribution is 2.45. The van der Waals surface area contributed by atoms with Crippen LogP contribution in [0.25, 0.3) is 5.65 Å². The Kier molecular flexibility index (Phi) is 4.28. The summed E-state index contributed by atoms with van der Waals surface area (Å²) < 4.78 is 8.13. The molecule has 3 rings (SSSR count). The van der Waals surface area contributed by atoms with Gasteiger partial charge in [-0.25, -0.2) is 0 Å². The minimum Gasteiger partial charge on any atom is -0.493 e. The zero-order chi connectivity index (χ0) is 16.4. The van der Waals surface area contributed by atoms with Crippen molar-refractivity contribution in [1.29, 1.82) is 0 Å². The van der Waals surface area contributed by atoms with Crippen molar-refractivity contribution in [2.24, 2.45) is 5.41 Å². The topological polar surface area (TPSA) is 65.4 Å². The van der Waals surface area contributed by atoms with Gasteiger partial charge in [0.25, 0.3) is 0 Å². The number of rotatable bonds is 8. The summed E-state index contributed by atoms with van der Waals surface area (Å²) in [6, 6.07) is 1.97. The molecule has 5 nitrogen and oxygen atoms in total. The number of nitrogen functional groups attached to an aromatic ring is 1. The second-order valence-electron chi connectivity index (χ2n) is 6.64. The van der Waals surface area contributed by atoms with Crippen molar-refractivity contribution in [1.82, 2.24) is 14.6 Å². The molecule has 0 radical (unpaired) electrons. The summed E-state index contributed by atoms with van der Waals surface area (Å²) >= 11 is 0. The summed E-state index contributed by atoms with van der Waals surface area (Å²) in [6.07, 6.45) is 9.60. The van der Waals surface area contributed by atoms with E-state index in [0.29, 0.717) is 18.5 Å². The van der Waals surface area contributed by atoms with Crippen LogP contribution in [0.1, 0.15) is 57.4 Å². The van der Waals surface area contributed by atoms with Crippen molar-refractivity contribution < 1.29 is 4.74 Å². The molecule has 0 unspecified atom stereocenters. The molecule has 0 amide bonds. The van der Waals surface area contributed by atoms with Crippen LogP contribution in [0.5, 0.6) is 5.75 Å². The van der Waals surface area contributed by atoms with Gasteiger partial charge in [0, 0.05) is 23.2 Å². The number of hydrogen-bond acceptors (Lipinski definition) is 4. The van der Waals surface area contributed by atoms with Crippen molar-refractivity contribution >= 4 is 11.6 Å². The lowest BCUT2D eigenvalue weighted by atomic mass is 9.80. The van der Waals surface area contributed by atoms with Gasteiger partial charge in [-0.15, -0.1) is 16.8 Å². The lowest BCUT2D eigenvalue weighted by molar-refractivity contribution is 0.134. The smallest absolute Gasteiger partial charge is 0.226 e. The SMILES string of the molecule is C=CCC(CC)(CC)COc1cc2nnc(N)n2cc1C1CC1. The molecular weight excluding hydrogens is 288 g/mol. The molecule has 1 saturated carbocycles. The lowest BCUT2D eigenvalue weighted by Gasteiger charge is -2.30. The molecule has 2 aromatic heterocycles. The Balaban J connectivity index is 1.89. The Bertz CT molecular complexity index is 698. The third kappa shape index (κ3) is 3.05. The predicted octanol–water partition coefficient (Wildman–Crippen LogP) is 3.95. The number of pyridine rings is 1. The highest BCUT2D eigenvalue weighted by molar-refractivity contribution is 5.53. The van der Waals surface area contributed by atoms with E-state index in [2.05, 4.69) is 30.6 Å². The van der Waals surface area contributed by atoms with E-state index >= 15 is 0 Å². The molecule has 0 saturated heterocycles. The first kappa shape index (κ1) is 15.8. The molecule has 2 heterocycles. The number of fused-ring (bicyclic) bond motifs is 1. The molecule has 5 heteroatoms. The summed E-state index contributed by atoms with van der Waals surface area (Å²) in [4.78, 5) is 0. The number of hydrogen-bond donors (Lipinski definition) is 1. The second kappa shape index (κ2) is 6.22. The number of ether oxygens (including phenoxy) is 1. The zero-order valence-electron chi connectivity index (χ0n) is 14.1. The van der Waals surface area contributed by atoms with Crippen molar-refractivity contribution in [3.63, 3.8) is 0 Å². The molecule has 1 fully saturated rings. The molecule has 2 aromatic rings. The molecule has 23 heavy (non-hydrogen) atoms. The Morgan fingerprint density at radius 1 is 1.39 bits per heavy atom. The largest absolute Gasteiger partial charge is 0.493 e. The van der Waals surface area contributed by atoms with Gasteiger partial charge in [0.05, 0.1) is 6.61 Å². The maximum absolute atomic E-state index is 6.29. The predicted molar refractivity (Wildman–Crippen MR) is 92.7 cm³/mol. The first-order valence-electron chi connectivity index (χ1n) is 8.50. The van der Waals surface area contributed by atoms with Crippen LogP contribution >= 0.6 is 0 Å². The molecule has 0 bridgehead atoms. The van der Waals surface area contributed by atoms with Gasteiger partial charge in [-0.05, 0) is 38.0 Å². The van der Waals surface area contributed by atoms with Crippen LogP contribution in [0, 0.1) is 5.41 Å². The van der Waals surface area contributed by atoms with Crippen molar-refractivity contribution in [2.45, 2.75) is 51.9 Å². The van der Waals surface area contributed by atoms with Gasteiger partial charge in [0.15, 0.2) is 5.65 Å². The van der Waals surface area contributed by atoms with E-state index in [4.69, 9.17) is 10.5 Å². The minimum atomic E-state index is 0.154. The van der Waals surface area contributed by atoms with Crippen molar-refractivity contribution in [3.05, 3.63) is 30.5 Å². The van der Waals surface area contributed by atoms with E-state index in [1.807, 2.05) is 22.7 Å². The van der Waals surface area contributed by atoms with Crippen LogP contribution in [0.3, 0.4) is 0 Å². The second-order valence-corrected chi connectivity index (χ2v) is 6.64. The van der Waals surface area contributed by atoms with E-state index in [-0.39, 0.29) is 5.41 Å². The van der Waals surface area contributed by atoms with Crippen LogP contribution in [0.2, 0.25) is 0 Å². The third-order valence-electron chi connectivity index (χ3n) is 5.19. The lowest BCUT2D eigenvalue weighted by Crippen LogP contribution is -2.27. The molecule has 1 aliphatic rings. The molecule has 0 aromatic carbocycles. The van der Waals surface area contributed by atoms with E-state index < -0.39 is 0 Å². The number of nitrogens with zero attached hydrogens (tertiary/aromatic N) is 3. The number of nitrogens with two attached hydrogens (primary N) is 1. The van der Waals surface area contributed by atoms with Gasteiger partial charge in [0.1, 0.15) is 5.75 Å². The normalized spacial score (nSPS) is 15.0. The fraction of sp³-hybridized carbons (Fsp3) is 0.556. The summed E-state index contributed by atoms with van der Waals surface area (Å²) in [5, 5.41) is 8.06. The third-order valence-corrected chi connectivity index (χ3v) is 5.19. The number of anilines is 1. The Hall–Kier alpha value is -2.04. The van der Waals surface area contributed by atoms with Gasteiger partial charge in [0.2, 0.25) is 5.95 Å². The van der Waals surface area contributed by atoms with Gasteiger partial charge < -0.3 is 10.5 Å². The molecule has 0 atom stereocenters. The average molecular weight is 314 g/mol. The Morgan fingerprint density at radius 2 is 2.13 bits per heavy atom. The van der Waals surface area contributed by atoms with Gasteiger partial charge in [-0.1, -0.05) is 19.9 Å². The van der Waals surface area contributed by atoms with E-state index in [1.54, 1.807) is 0 Å². The fourth-order valence-corrected chi connectivity index (χ4v) is 3.11. The quantitative estimate of drug-likeness (QED) is 0.749. The summed E-state index contributed by atoms with van der Waals surface area (Å²) in [5.74, 6) is 1.94. The molecule has 0 aliphatic heterocycles. The highest BCUT2D eigenvalue weighted by Gasteiger charge is 2.30. The summed E-state index contributed by atoms with van der Waals surface area (Å²) in [7, 11) is 0. The molecule has 2 N–H and O–H groups in total. The van der Waals surface area contributed by atoms with Crippen LogP contribution in [-0.4, -0.2) is 21.2 Å². The summed E-state index contributed by atoms with van der Waals surface area (Å²) in [5.41, 5.74) is 8.00. The van der Waals surface area contributed by atoms with E-state index in [0.717, 1.165) is 30.7 Å². The molecule has 1 aliphatic carbocycles. The monoisotopic (exact) mass is 314 g/mol. The maximum Gasteiger partial charge on any atom is 0.226 e. The minimum absolute atomic E-state index is 0.154.